The Hall–Kier alpha value is -2.70. The van der Waals surface area contributed by atoms with Crippen LogP contribution in [0.4, 0.5) is 4.39 Å². The van der Waals surface area contributed by atoms with Crippen molar-refractivity contribution in [1.29, 1.82) is 0 Å². The highest BCUT2D eigenvalue weighted by atomic mass is 19.1. The number of rotatable bonds is 4. The maximum Gasteiger partial charge on any atom is 0.343 e. The summed E-state index contributed by atoms with van der Waals surface area (Å²) in [7, 11) is 1.83. The van der Waals surface area contributed by atoms with Crippen LogP contribution in [-0.4, -0.2) is 24.5 Å². The fourth-order valence-corrected chi connectivity index (χ4v) is 2.38. The van der Waals surface area contributed by atoms with E-state index in [1.54, 1.807) is 29.1 Å². The Kier molecular flexibility index (Phi) is 3.62. The van der Waals surface area contributed by atoms with Crippen molar-refractivity contribution in [3.63, 3.8) is 0 Å². The number of aromatic nitrogens is 5. The van der Waals surface area contributed by atoms with Crippen molar-refractivity contribution in [1.82, 2.24) is 24.5 Å². The highest BCUT2D eigenvalue weighted by Gasteiger charge is 2.15. The number of hydrogen-bond donors (Lipinski definition) is 1. The Morgan fingerprint density at radius 2 is 2.09 bits per heavy atom. The van der Waals surface area contributed by atoms with Crippen molar-refractivity contribution in [2.75, 3.05) is 0 Å². The van der Waals surface area contributed by atoms with E-state index in [1.165, 1.54) is 10.6 Å². The number of hydrogen-bond acceptors (Lipinski definition) is 3. The van der Waals surface area contributed by atoms with E-state index in [1.807, 2.05) is 14.0 Å². The molecule has 6 nitrogen and oxygen atoms in total. The van der Waals surface area contributed by atoms with Crippen LogP contribution in [0.1, 0.15) is 11.3 Å². The summed E-state index contributed by atoms with van der Waals surface area (Å²) in [6.07, 6.45) is 2.09. The SMILES string of the molecule is Cc1c(-c2n[nH]c(=O)n2CCc2ccccc2F)cnn1C. The van der Waals surface area contributed by atoms with Gasteiger partial charge in [0.1, 0.15) is 5.82 Å². The molecule has 0 atom stereocenters. The molecule has 0 saturated carbocycles. The van der Waals surface area contributed by atoms with Gasteiger partial charge in [0.15, 0.2) is 5.82 Å². The molecule has 0 aliphatic carbocycles. The number of H-pyrrole nitrogens is 1. The first-order valence-electron chi connectivity index (χ1n) is 6.95. The lowest BCUT2D eigenvalue weighted by Gasteiger charge is -2.06. The van der Waals surface area contributed by atoms with Gasteiger partial charge in [-0.3, -0.25) is 9.25 Å². The number of aromatic amines is 1. The third kappa shape index (κ3) is 2.45. The van der Waals surface area contributed by atoms with E-state index >= 15 is 0 Å². The normalized spacial score (nSPS) is 11.0. The first kappa shape index (κ1) is 14.2. The maximum absolute atomic E-state index is 13.7. The largest absolute Gasteiger partial charge is 0.343 e. The monoisotopic (exact) mass is 301 g/mol. The zero-order valence-electron chi connectivity index (χ0n) is 12.4. The van der Waals surface area contributed by atoms with Gasteiger partial charge in [0.25, 0.3) is 0 Å². The van der Waals surface area contributed by atoms with Crippen LogP contribution in [-0.2, 0) is 20.0 Å². The van der Waals surface area contributed by atoms with E-state index in [-0.39, 0.29) is 11.5 Å². The molecule has 1 aromatic carbocycles. The van der Waals surface area contributed by atoms with Crippen LogP contribution in [0.5, 0.6) is 0 Å². The predicted molar refractivity (Wildman–Crippen MR) is 79.9 cm³/mol. The second-order valence-corrected chi connectivity index (χ2v) is 5.11. The molecule has 0 bridgehead atoms. The molecule has 2 aromatic heterocycles. The van der Waals surface area contributed by atoms with E-state index in [0.29, 0.717) is 24.4 Å². The van der Waals surface area contributed by atoms with Gasteiger partial charge in [-0.15, -0.1) is 0 Å². The van der Waals surface area contributed by atoms with Crippen molar-refractivity contribution in [2.24, 2.45) is 7.05 Å². The summed E-state index contributed by atoms with van der Waals surface area (Å²) in [4.78, 5) is 12.0. The Morgan fingerprint density at radius 3 is 2.77 bits per heavy atom. The lowest BCUT2D eigenvalue weighted by atomic mass is 10.1. The van der Waals surface area contributed by atoms with E-state index < -0.39 is 0 Å². The van der Waals surface area contributed by atoms with Gasteiger partial charge in [0.2, 0.25) is 0 Å². The van der Waals surface area contributed by atoms with E-state index in [9.17, 15) is 9.18 Å². The molecule has 1 N–H and O–H groups in total. The summed E-state index contributed by atoms with van der Waals surface area (Å²) >= 11 is 0. The van der Waals surface area contributed by atoms with E-state index in [0.717, 1.165) is 11.3 Å². The molecule has 114 valence electrons. The number of aryl methyl sites for hydroxylation is 2. The lowest BCUT2D eigenvalue weighted by Crippen LogP contribution is -2.19. The van der Waals surface area contributed by atoms with E-state index in [2.05, 4.69) is 15.3 Å². The molecule has 7 heteroatoms. The van der Waals surface area contributed by atoms with Crippen LogP contribution >= 0.6 is 0 Å². The Morgan fingerprint density at radius 1 is 1.32 bits per heavy atom. The van der Waals surface area contributed by atoms with Gasteiger partial charge >= 0.3 is 5.69 Å². The van der Waals surface area contributed by atoms with Crippen LogP contribution < -0.4 is 5.69 Å². The summed E-state index contributed by atoms with van der Waals surface area (Å²) in [5.41, 5.74) is 1.96. The molecular formula is C15H16FN5O. The smallest absolute Gasteiger partial charge is 0.275 e. The van der Waals surface area contributed by atoms with Gasteiger partial charge in [-0.1, -0.05) is 18.2 Å². The minimum absolute atomic E-state index is 0.266. The first-order chi connectivity index (χ1) is 10.6. The molecule has 0 unspecified atom stereocenters. The van der Waals surface area contributed by atoms with Crippen LogP contribution in [0.25, 0.3) is 11.4 Å². The number of nitrogens with one attached hydrogen (secondary N) is 1. The summed E-state index contributed by atoms with van der Waals surface area (Å²) in [5.74, 6) is 0.255. The molecule has 0 aliphatic rings. The van der Waals surface area contributed by atoms with Crippen LogP contribution in [0.2, 0.25) is 0 Å². The standard InChI is InChI=1S/C15H16FN5O/c1-10-12(9-17-20(10)2)14-18-19-15(22)21(14)8-7-11-5-3-4-6-13(11)16/h3-6,9H,7-8H2,1-2H3,(H,19,22). The fourth-order valence-electron chi connectivity index (χ4n) is 2.38. The van der Waals surface area contributed by atoms with Crippen molar-refractivity contribution in [3.8, 4) is 11.4 Å². The molecule has 2 heterocycles. The molecule has 3 aromatic rings. The van der Waals surface area contributed by atoms with Gasteiger partial charge < -0.3 is 0 Å². The topological polar surface area (TPSA) is 68.5 Å². The Balaban J connectivity index is 1.92. The number of benzene rings is 1. The van der Waals surface area contributed by atoms with E-state index in [4.69, 9.17) is 0 Å². The van der Waals surface area contributed by atoms with Gasteiger partial charge in [0, 0.05) is 19.3 Å². The molecule has 22 heavy (non-hydrogen) atoms. The molecule has 0 spiro atoms. The minimum atomic E-state index is -0.311. The van der Waals surface area contributed by atoms with Gasteiger partial charge in [0.05, 0.1) is 11.8 Å². The summed E-state index contributed by atoms with van der Waals surface area (Å²) in [6, 6.07) is 6.56. The van der Waals surface area contributed by atoms with Gasteiger partial charge in [-0.2, -0.15) is 10.2 Å². The van der Waals surface area contributed by atoms with Crippen molar-refractivity contribution in [3.05, 3.63) is 58.0 Å². The highest BCUT2D eigenvalue weighted by molar-refractivity contribution is 5.56. The van der Waals surface area contributed by atoms with Gasteiger partial charge in [-0.25, -0.2) is 14.3 Å². The molecular weight excluding hydrogens is 285 g/mol. The van der Waals surface area contributed by atoms with Crippen molar-refractivity contribution >= 4 is 0 Å². The fraction of sp³-hybridized carbons (Fsp3) is 0.267. The molecule has 0 saturated heterocycles. The molecule has 3 rings (SSSR count). The molecule has 0 fully saturated rings. The molecule has 0 amide bonds. The zero-order chi connectivity index (χ0) is 15.7. The average Bonchev–Trinajstić information content (AvgIpc) is 3.02. The summed E-state index contributed by atoms with van der Waals surface area (Å²) in [5, 5.41) is 10.7. The van der Waals surface area contributed by atoms with Gasteiger partial charge in [-0.05, 0) is 25.0 Å². The first-order valence-corrected chi connectivity index (χ1v) is 6.95. The molecule has 0 radical (unpaired) electrons. The lowest BCUT2D eigenvalue weighted by molar-refractivity contribution is 0.590. The van der Waals surface area contributed by atoms with Crippen molar-refractivity contribution < 1.29 is 4.39 Å². The average molecular weight is 301 g/mol. The number of nitrogens with zero attached hydrogens (tertiary/aromatic N) is 4. The zero-order valence-corrected chi connectivity index (χ0v) is 12.4. The van der Waals surface area contributed by atoms with Crippen LogP contribution in [0.3, 0.4) is 0 Å². The van der Waals surface area contributed by atoms with Crippen LogP contribution in [0, 0.1) is 12.7 Å². The quantitative estimate of drug-likeness (QED) is 0.797. The summed E-state index contributed by atoms with van der Waals surface area (Å²) in [6.45, 7) is 2.25. The second kappa shape index (κ2) is 5.59. The number of halogens is 1. The third-order valence-electron chi connectivity index (χ3n) is 3.80. The molecule has 0 aliphatic heterocycles. The highest BCUT2D eigenvalue weighted by Crippen LogP contribution is 2.19. The third-order valence-corrected chi connectivity index (χ3v) is 3.80. The second-order valence-electron chi connectivity index (χ2n) is 5.11. The Labute approximate surface area is 126 Å². The van der Waals surface area contributed by atoms with Crippen LogP contribution in [0.15, 0.2) is 35.3 Å². The maximum atomic E-state index is 13.7. The Bertz CT molecular complexity index is 861. The van der Waals surface area contributed by atoms with Crippen molar-refractivity contribution in [2.45, 2.75) is 19.9 Å². The summed E-state index contributed by atoms with van der Waals surface area (Å²) < 4.78 is 16.9. The minimum Gasteiger partial charge on any atom is -0.275 e. The predicted octanol–water partition coefficient (Wildman–Crippen LogP) is 1.66.